The second kappa shape index (κ2) is 5.06. The molecule has 0 saturated carbocycles. The smallest absolute Gasteiger partial charge is 0.326 e. The summed E-state index contributed by atoms with van der Waals surface area (Å²) in [6.45, 7) is 0.449. The first-order valence-corrected chi connectivity index (χ1v) is 6.57. The van der Waals surface area contributed by atoms with Crippen molar-refractivity contribution in [1.29, 1.82) is 0 Å². The topological polar surface area (TPSA) is 47.0 Å². The Morgan fingerprint density at radius 3 is 2.85 bits per heavy atom. The van der Waals surface area contributed by atoms with Crippen LogP contribution in [0.1, 0.15) is 5.56 Å². The van der Waals surface area contributed by atoms with Gasteiger partial charge >= 0.3 is 5.69 Å². The molecule has 0 aliphatic heterocycles. The van der Waals surface area contributed by atoms with Crippen LogP contribution in [0.5, 0.6) is 5.75 Å². The Kier molecular flexibility index (Phi) is 3.24. The van der Waals surface area contributed by atoms with Crippen LogP contribution in [0.25, 0.3) is 11.0 Å². The van der Waals surface area contributed by atoms with Crippen molar-refractivity contribution in [3.8, 4) is 5.75 Å². The van der Waals surface area contributed by atoms with E-state index in [1.807, 2.05) is 30.3 Å². The SMILES string of the molecule is COc1ccccc1Cn1c(=O)[nH]c2cc(Cl)ccc21. The number of aromatic amines is 1. The van der Waals surface area contributed by atoms with Crippen LogP contribution >= 0.6 is 11.6 Å². The molecule has 0 aliphatic rings. The van der Waals surface area contributed by atoms with Gasteiger partial charge in [0, 0.05) is 10.6 Å². The van der Waals surface area contributed by atoms with Crippen molar-refractivity contribution < 1.29 is 4.74 Å². The van der Waals surface area contributed by atoms with E-state index in [2.05, 4.69) is 4.98 Å². The molecule has 2 aromatic carbocycles. The van der Waals surface area contributed by atoms with Gasteiger partial charge in [0.25, 0.3) is 0 Å². The Balaban J connectivity index is 2.11. The fraction of sp³-hybridized carbons (Fsp3) is 0.133. The van der Waals surface area contributed by atoms with E-state index in [1.54, 1.807) is 23.8 Å². The van der Waals surface area contributed by atoms with Crippen LogP contribution in [-0.2, 0) is 6.54 Å². The van der Waals surface area contributed by atoms with Crippen LogP contribution in [0.2, 0.25) is 5.02 Å². The molecule has 0 radical (unpaired) electrons. The monoisotopic (exact) mass is 288 g/mol. The number of H-pyrrole nitrogens is 1. The zero-order valence-corrected chi connectivity index (χ0v) is 11.6. The number of hydrogen-bond donors (Lipinski definition) is 1. The van der Waals surface area contributed by atoms with Crippen molar-refractivity contribution in [3.63, 3.8) is 0 Å². The lowest BCUT2D eigenvalue weighted by atomic mass is 10.2. The number of hydrogen-bond acceptors (Lipinski definition) is 2. The lowest BCUT2D eigenvalue weighted by Gasteiger charge is -2.09. The lowest BCUT2D eigenvalue weighted by molar-refractivity contribution is 0.408. The molecule has 0 bridgehead atoms. The summed E-state index contributed by atoms with van der Waals surface area (Å²) in [5.41, 5.74) is 2.35. The molecule has 102 valence electrons. The molecule has 0 fully saturated rings. The molecule has 5 heteroatoms. The quantitative estimate of drug-likeness (QED) is 0.805. The minimum Gasteiger partial charge on any atom is -0.496 e. The number of fused-ring (bicyclic) bond motifs is 1. The predicted octanol–water partition coefficient (Wildman–Crippen LogP) is 3.04. The summed E-state index contributed by atoms with van der Waals surface area (Å²) in [6.07, 6.45) is 0. The molecule has 0 aliphatic carbocycles. The molecular formula is C15H13ClN2O2. The number of nitrogens with zero attached hydrogens (tertiary/aromatic N) is 1. The Labute approximate surface area is 120 Å². The number of imidazole rings is 1. The number of methoxy groups -OCH3 is 1. The van der Waals surface area contributed by atoms with Crippen molar-refractivity contribution >= 4 is 22.6 Å². The van der Waals surface area contributed by atoms with Crippen molar-refractivity contribution in [3.05, 3.63) is 63.5 Å². The highest BCUT2D eigenvalue weighted by Crippen LogP contribution is 2.21. The fourth-order valence-electron chi connectivity index (χ4n) is 2.30. The van der Waals surface area contributed by atoms with E-state index in [9.17, 15) is 4.79 Å². The highest BCUT2D eigenvalue weighted by molar-refractivity contribution is 6.31. The van der Waals surface area contributed by atoms with Crippen molar-refractivity contribution in [1.82, 2.24) is 9.55 Å². The molecule has 0 atom stereocenters. The molecule has 0 unspecified atom stereocenters. The first-order valence-electron chi connectivity index (χ1n) is 6.19. The minimum absolute atomic E-state index is 0.159. The normalized spacial score (nSPS) is 10.9. The fourth-order valence-corrected chi connectivity index (χ4v) is 2.47. The zero-order chi connectivity index (χ0) is 14.1. The Hall–Kier alpha value is -2.20. The molecule has 0 saturated heterocycles. The molecular weight excluding hydrogens is 276 g/mol. The van der Waals surface area contributed by atoms with Crippen LogP contribution in [0.4, 0.5) is 0 Å². The maximum Gasteiger partial charge on any atom is 0.326 e. The number of aromatic nitrogens is 2. The number of rotatable bonds is 3. The van der Waals surface area contributed by atoms with Gasteiger partial charge in [-0.25, -0.2) is 4.79 Å². The molecule has 0 spiro atoms. The van der Waals surface area contributed by atoms with Gasteiger partial charge in [-0.1, -0.05) is 29.8 Å². The van der Waals surface area contributed by atoms with Gasteiger partial charge in [0.05, 0.1) is 24.7 Å². The number of benzene rings is 2. The van der Waals surface area contributed by atoms with Gasteiger partial charge in [-0.05, 0) is 24.3 Å². The summed E-state index contributed by atoms with van der Waals surface area (Å²) in [5.74, 6) is 0.766. The van der Waals surface area contributed by atoms with Crippen LogP contribution in [-0.4, -0.2) is 16.7 Å². The van der Waals surface area contributed by atoms with Gasteiger partial charge in [-0.15, -0.1) is 0 Å². The summed E-state index contributed by atoms with van der Waals surface area (Å²) < 4.78 is 6.99. The van der Waals surface area contributed by atoms with E-state index in [4.69, 9.17) is 16.3 Å². The number of halogens is 1. The second-order valence-corrected chi connectivity index (χ2v) is 4.93. The molecule has 1 heterocycles. The first kappa shape index (κ1) is 12.8. The van der Waals surface area contributed by atoms with Crippen molar-refractivity contribution in [2.75, 3.05) is 7.11 Å². The Morgan fingerprint density at radius 2 is 2.05 bits per heavy atom. The average Bonchev–Trinajstić information content (AvgIpc) is 2.75. The van der Waals surface area contributed by atoms with E-state index in [0.29, 0.717) is 11.6 Å². The molecule has 20 heavy (non-hydrogen) atoms. The molecule has 3 aromatic rings. The first-order chi connectivity index (χ1) is 9.69. The van der Waals surface area contributed by atoms with Crippen LogP contribution < -0.4 is 10.4 Å². The van der Waals surface area contributed by atoms with E-state index in [0.717, 1.165) is 22.3 Å². The van der Waals surface area contributed by atoms with Crippen LogP contribution in [0, 0.1) is 0 Å². The second-order valence-electron chi connectivity index (χ2n) is 4.49. The Bertz CT molecular complexity index is 820. The van der Waals surface area contributed by atoms with E-state index in [1.165, 1.54) is 0 Å². The summed E-state index contributed by atoms with van der Waals surface area (Å²) >= 11 is 5.94. The third-order valence-electron chi connectivity index (χ3n) is 3.26. The molecule has 3 rings (SSSR count). The molecule has 1 N–H and O–H groups in total. The molecule has 1 aromatic heterocycles. The number of nitrogens with one attached hydrogen (secondary N) is 1. The third-order valence-corrected chi connectivity index (χ3v) is 3.49. The summed E-state index contributed by atoms with van der Waals surface area (Å²) in [4.78, 5) is 14.9. The highest BCUT2D eigenvalue weighted by Gasteiger charge is 2.10. The van der Waals surface area contributed by atoms with Gasteiger partial charge in [-0.2, -0.15) is 0 Å². The minimum atomic E-state index is -0.159. The van der Waals surface area contributed by atoms with Gasteiger partial charge in [0.2, 0.25) is 0 Å². The standard InChI is InChI=1S/C15H13ClN2O2/c1-20-14-5-3-2-4-10(14)9-18-13-7-6-11(16)8-12(13)17-15(18)19/h2-8H,9H2,1H3,(H,17,19). The maximum atomic E-state index is 12.1. The zero-order valence-electron chi connectivity index (χ0n) is 10.9. The molecule has 4 nitrogen and oxygen atoms in total. The van der Waals surface area contributed by atoms with E-state index < -0.39 is 0 Å². The van der Waals surface area contributed by atoms with Gasteiger partial charge in [0.1, 0.15) is 5.75 Å². The average molecular weight is 289 g/mol. The van der Waals surface area contributed by atoms with E-state index >= 15 is 0 Å². The number of ether oxygens (including phenoxy) is 1. The van der Waals surface area contributed by atoms with Crippen LogP contribution in [0.15, 0.2) is 47.3 Å². The highest BCUT2D eigenvalue weighted by atomic mass is 35.5. The predicted molar refractivity (Wildman–Crippen MR) is 79.7 cm³/mol. The lowest BCUT2D eigenvalue weighted by Crippen LogP contribution is -2.17. The Morgan fingerprint density at radius 1 is 1.25 bits per heavy atom. The summed E-state index contributed by atoms with van der Waals surface area (Å²) in [5, 5.41) is 0.600. The van der Waals surface area contributed by atoms with E-state index in [-0.39, 0.29) is 5.69 Å². The molecule has 0 amide bonds. The van der Waals surface area contributed by atoms with Gasteiger partial charge < -0.3 is 9.72 Å². The third kappa shape index (κ3) is 2.18. The summed E-state index contributed by atoms with van der Waals surface area (Å²) in [6, 6.07) is 13.0. The van der Waals surface area contributed by atoms with Gasteiger partial charge in [-0.3, -0.25) is 4.57 Å². The van der Waals surface area contributed by atoms with Crippen molar-refractivity contribution in [2.24, 2.45) is 0 Å². The van der Waals surface area contributed by atoms with Crippen molar-refractivity contribution in [2.45, 2.75) is 6.54 Å². The van der Waals surface area contributed by atoms with Gasteiger partial charge in [0.15, 0.2) is 0 Å². The maximum absolute atomic E-state index is 12.1. The number of para-hydroxylation sites is 1. The summed E-state index contributed by atoms with van der Waals surface area (Å²) in [7, 11) is 1.62. The largest absolute Gasteiger partial charge is 0.496 e. The van der Waals surface area contributed by atoms with Crippen LogP contribution in [0.3, 0.4) is 0 Å².